The smallest absolute Gasteiger partial charge is 0.162 e. The Bertz CT molecular complexity index is 748. The molecule has 2 aromatic rings. The third kappa shape index (κ3) is 4.51. The van der Waals surface area contributed by atoms with E-state index >= 15 is 0 Å². The molecule has 0 unspecified atom stereocenters. The summed E-state index contributed by atoms with van der Waals surface area (Å²) in [6.45, 7) is 4.61. The van der Waals surface area contributed by atoms with Gasteiger partial charge in [0.25, 0.3) is 0 Å². The number of hydrogen-bond acceptors (Lipinski definition) is 3. The maximum atomic E-state index is 6.10. The van der Waals surface area contributed by atoms with Crippen molar-refractivity contribution in [2.75, 3.05) is 13.2 Å². The first-order valence-corrected chi connectivity index (χ1v) is 7.65. The largest absolute Gasteiger partial charge is 0.490 e. The van der Waals surface area contributed by atoms with E-state index in [9.17, 15) is 0 Å². The van der Waals surface area contributed by atoms with Gasteiger partial charge in [-0.05, 0) is 55.3 Å². The molecule has 23 heavy (non-hydrogen) atoms. The standard InChI is InChI=1S/C19H18ClNO2/c1-4-11-23-18-10-9-15(12-19(18)22-5-2)13-21-17-8-6-7-16(20)14(17)3/h1,6-10,12-13H,5,11H2,2-3H3. The van der Waals surface area contributed by atoms with Crippen LogP contribution in [0.3, 0.4) is 0 Å². The number of aliphatic imine (C=N–C) groups is 1. The molecule has 0 fully saturated rings. The van der Waals surface area contributed by atoms with Crippen molar-refractivity contribution in [3.63, 3.8) is 0 Å². The molecule has 0 atom stereocenters. The minimum Gasteiger partial charge on any atom is -0.490 e. The van der Waals surface area contributed by atoms with Crippen molar-refractivity contribution in [3.05, 3.63) is 52.5 Å². The van der Waals surface area contributed by atoms with Crippen LogP contribution in [0.1, 0.15) is 18.1 Å². The van der Waals surface area contributed by atoms with Crippen molar-refractivity contribution < 1.29 is 9.47 Å². The second-order valence-electron chi connectivity index (χ2n) is 4.77. The van der Waals surface area contributed by atoms with E-state index in [0.29, 0.717) is 23.1 Å². The molecule has 0 aliphatic rings. The fourth-order valence-corrected chi connectivity index (χ4v) is 2.16. The zero-order valence-corrected chi connectivity index (χ0v) is 13.9. The molecule has 0 radical (unpaired) electrons. The molecule has 2 rings (SSSR count). The Morgan fingerprint density at radius 1 is 1.22 bits per heavy atom. The van der Waals surface area contributed by atoms with Crippen molar-refractivity contribution in [2.45, 2.75) is 13.8 Å². The van der Waals surface area contributed by atoms with Crippen LogP contribution in [0, 0.1) is 19.3 Å². The molecule has 4 heteroatoms. The topological polar surface area (TPSA) is 30.8 Å². The molecule has 0 aromatic heterocycles. The number of hydrogen-bond donors (Lipinski definition) is 0. The molecule has 0 heterocycles. The number of nitrogens with zero attached hydrogens (tertiary/aromatic N) is 1. The lowest BCUT2D eigenvalue weighted by atomic mass is 10.2. The fraction of sp³-hybridized carbons (Fsp3) is 0.211. The monoisotopic (exact) mass is 327 g/mol. The van der Waals surface area contributed by atoms with Gasteiger partial charge in [-0.15, -0.1) is 6.42 Å². The predicted octanol–water partition coefficient (Wildman–Crippen LogP) is 4.81. The Morgan fingerprint density at radius 3 is 2.78 bits per heavy atom. The average Bonchev–Trinajstić information content (AvgIpc) is 2.55. The molecule has 0 saturated heterocycles. The van der Waals surface area contributed by atoms with Crippen LogP contribution in [0.15, 0.2) is 41.4 Å². The van der Waals surface area contributed by atoms with E-state index in [-0.39, 0.29) is 6.61 Å². The summed E-state index contributed by atoms with van der Waals surface area (Å²) >= 11 is 6.10. The first-order chi connectivity index (χ1) is 11.2. The SMILES string of the molecule is C#CCOc1ccc(C=Nc2cccc(Cl)c2C)cc1OCC. The summed E-state index contributed by atoms with van der Waals surface area (Å²) in [4.78, 5) is 4.49. The van der Waals surface area contributed by atoms with Crippen LogP contribution in [0.25, 0.3) is 0 Å². The van der Waals surface area contributed by atoms with E-state index in [0.717, 1.165) is 16.8 Å². The highest BCUT2D eigenvalue weighted by Crippen LogP contribution is 2.29. The van der Waals surface area contributed by atoms with Gasteiger partial charge in [-0.1, -0.05) is 23.6 Å². The van der Waals surface area contributed by atoms with Crippen molar-refractivity contribution in [1.29, 1.82) is 0 Å². The third-order valence-electron chi connectivity index (χ3n) is 3.17. The molecule has 0 amide bonds. The van der Waals surface area contributed by atoms with Gasteiger partial charge in [-0.3, -0.25) is 4.99 Å². The molecule has 0 aliphatic carbocycles. The van der Waals surface area contributed by atoms with Crippen LogP contribution in [0.2, 0.25) is 5.02 Å². The van der Waals surface area contributed by atoms with Gasteiger partial charge in [-0.2, -0.15) is 0 Å². The zero-order chi connectivity index (χ0) is 16.7. The number of benzene rings is 2. The summed E-state index contributed by atoms with van der Waals surface area (Å²) in [5.41, 5.74) is 2.69. The van der Waals surface area contributed by atoms with Gasteiger partial charge < -0.3 is 9.47 Å². The van der Waals surface area contributed by atoms with E-state index in [4.69, 9.17) is 27.5 Å². The Hall–Kier alpha value is -2.44. The Morgan fingerprint density at radius 2 is 2.04 bits per heavy atom. The van der Waals surface area contributed by atoms with Crippen molar-refractivity contribution >= 4 is 23.5 Å². The van der Waals surface area contributed by atoms with Gasteiger partial charge in [0.1, 0.15) is 6.61 Å². The maximum Gasteiger partial charge on any atom is 0.162 e. The average molecular weight is 328 g/mol. The molecule has 2 aromatic carbocycles. The lowest BCUT2D eigenvalue weighted by Crippen LogP contribution is -2.00. The van der Waals surface area contributed by atoms with E-state index in [2.05, 4.69) is 10.9 Å². The summed E-state index contributed by atoms with van der Waals surface area (Å²) in [5.74, 6) is 3.72. The fourth-order valence-electron chi connectivity index (χ4n) is 1.99. The van der Waals surface area contributed by atoms with E-state index in [1.807, 2.05) is 50.2 Å². The lowest BCUT2D eigenvalue weighted by molar-refractivity contribution is 0.299. The molecule has 118 valence electrons. The summed E-state index contributed by atoms with van der Waals surface area (Å²) in [6.07, 6.45) is 6.99. The van der Waals surface area contributed by atoms with Crippen molar-refractivity contribution in [3.8, 4) is 23.8 Å². The molecule has 0 bridgehead atoms. The third-order valence-corrected chi connectivity index (χ3v) is 3.58. The Kier molecular flexibility index (Phi) is 6.08. The quantitative estimate of drug-likeness (QED) is 0.563. The van der Waals surface area contributed by atoms with Gasteiger partial charge in [-0.25, -0.2) is 0 Å². The number of terminal acetylenes is 1. The highest BCUT2D eigenvalue weighted by atomic mass is 35.5. The van der Waals surface area contributed by atoms with Crippen LogP contribution < -0.4 is 9.47 Å². The van der Waals surface area contributed by atoms with Crippen LogP contribution in [0.4, 0.5) is 5.69 Å². The highest BCUT2D eigenvalue weighted by Gasteiger charge is 2.06. The van der Waals surface area contributed by atoms with Gasteiger partial charge in [0, 0.05) is 11.2 Å². The Labute approximate surface area is 141 Å². The van der Waals surface area contributed by atoms with E-state index in [1.165, 1.54) is 0 Å². The summed E-state index contributed by atoms with van der Waals surface area (Å²) in [5, 5.41) is 0.702. The summed E-state index contributed by atoms with van der Waals surface area (Å²) in [7, 11) is 0. The minimum absolute atomic E-state index is 0.204. The van der Waals surface area contributed by atoms with Crippen LogP contribution >= 0.6 is 11.6 Å². The first-order valence-electron chi connectivity index (χ1n) is 7.28. The van der Waals surface area contributed by atoms with Gasteiger partial charge in [0.15, 0.2) is 11.5 Å². The normalized spacial score (nSPS) is 10.5. The second kappa shape index (κ2) is 8.26. The first kappa shape index (κ1) is 16.9. The summed E-state index contributed by atoms with van der Waals surface area (Å²) in [6, 6.07) is 11.3. The number of rotatable bonds is 6. The number of halogens is 1. The van der Waals surface area contributed by atoms with E-state index in [1.54, 1.807) is 6.21 Å². The van der Waals surface area contributed by atoms with Crippen LogP contribution in [-0.2, 0) is 0 Å². The van der Waals surface area contributed by atoms with Crippen LogP contribution in [0.5, 0.6) is 11.5 Å². The number of ether oxygens (including phenoxy) is 2. The zero-order valence-electron chi connectivity index (χ0n) is 13.2. The van der Waals surface area contributed by atoms with Crippen molar-refractivity contribution in [2.24, 2.45) is 4.99 Å². The molecule has 0 aliphatic heterocycles. The van der Waals surface area contributed by atoms with Gasteiger partial charge >= 0.3 is 0 Å². The molecule has 0 N–H and O–H groups in total. The lowest BCUT2D eigenvalue weighted by Gasteiger charge is -2.10. The molecule has 0 saturated carbocycles. The van der Waals surface area contributed by atoms with Crippen LogP contribution in [-0.4, -0.2) is 19.4 Å². The highest BCUT2D eigenvalue weighted by molar-refractivity contribution is 6.31. The molecular formula is C19H18ClNO2. The Balaban J connectivity index is 2.26. The van der Waals surface area contributed by atoms with Crippen molar-refractivity contribution in [1.82, 2.24) is 0 Å². The van der Waals surface area contributed by atoms with E-state index < -0.39 is 0 Å². The molecular weight excluding hydrogens is 310 g/mol. The van der Waals surface area contributed by atoms with Gasteiger partial charge in [0.2, 0.25) is 0 Å². The maximum absolute atomic E-state index is 6.10. The second-order valence-corrected chi connectivity index (χ2v) is 5.18. The predicted molar refractivity (Wildman–Crippen MR) is 95.4 cm³/mol. The molecule has 3 nitrogen and oxygen atoms in total. The summed E-state index contributed by atoms with van der Waals surface area (Å²) < 4.78 is 11.1. The van der Waals surface area contributed by atoms with Gasteiger partial charge in [0.05, 0.1) is 12.3 Å². The molecule has 0 spiro atoms. The minimum atomic E-state index is 0.204.